The van der Waals surface area contributed by atoms with Crippen LogP contribution in [0.2, 0.25) is 0 Å². The Labute approximate surface area is 158 Å². The van der Waals surface area contributed by atoms with Crippen molar-refractivity contribution in [1.82, 2.24) is 5.32 Å². The molecule has 0 radical (unpaired) electrons. The first-order valence-electron chi connectivity index (χ1n) is 8.30. The van der Waals surface area contributed by atoms with Crippen LogP contribution in [0.25, 0.3) is 0 Å². The van der Waals surface area contributed by atoms with Crippen molar-refractivity contribution in [3.63, 3.8) is 0 Å². The molecule has 0 bridgehead atoms. The molecule has 2 amide bonds. The van der Waals surface area contributed by atoms with Crippen molar-refractivity contribution >= 4 is 29.3 Å². The summed E-state index contributed by atoms with van der Waals surface area (Å²) in [5.74, 6) is 0.612. The predicted molar refractivity (Wildman–Crippen MR) is 106 cm³/mol. The summed E-state index contributed by atoms with van der Waals surface area (Å²) in [6.45, 7) is 5.89. The van der Waals surface area contributed by atoms with Crippen molar-refractivity contribution in [1.29, 1.82) is 0 Å². The monoisotopic (exact) mass is 372 g/mol. The van der Waals surface area contributed by atoms with Crippen LogP contribution in [0, 0.1) is 20.8 Å². The Balaban J connectivity index is 1.78. The minimum absolute atomic E-state index is 0.0469. The SMILES string of the molecule is COc1ccc(SCC(=O)NCC(=O)Nc2c(C)cc(C)cc2C)cc1. The minimum Gasteiger partial charge on any atom is -0.497 e. The van der Waals surface area contributed by atoms with Crippen molar-refractivity contribution < 1.29 is 14.3 Å². The molecule has 0 aliphatic carbocycles. The summed E-state index contributed by atoms with van der Waals surface area (Å²) >= 11 is 1.41. The zero-order valence-electron chi connectivity index (χ0n) is 15.5. The van der Waals surface area contributed by atoms with Gasteiger partial charge in [-0.15, -0.1) is 11.8 Å². The molecule has 0 aliphatic rings. The summed E-state index contributed by atoms with van der Waals surface area (Å²) in [6.07, 6.45) is 0. The lowest BCUT2D eigenvalue weighted by molar-refractivity contribution is -0.122. The molecule has 0 aliphatic heterocycles. The highest BCUT2D eigenvalue weighted by Gasteiger charge is 2.10. The fourth-order valence-corrected chi connectivity index (χ4v) is 3.34. The van der Waals surface area contributed by atoms with Gasteiger partial charge in [-0.05, 0) is 56.2 Å². The molecule has 6 heteroatoms. The number of carbonyl (C=O) groups is 2. The highest BCUT2D eigenvalue weighted by molar-refractivity contribution is 8.00. The molecule has 0 heterocycles. The second-order valence-electron chi connectivity index (χ2n) is 6.06. The first-order chi connectivity index (χ1) is 12.4. The third kappa shape index (κ3) is 5.81. The van der Waals surface area contributed by atoms with Gasteiger partial charge in [0.15, 0.2) is 0 Å². The summed E-state index contributed by atoms with van der Waals surface area (Å²) in [5.41, 5.74) is 3.98. The van der Waals surface area contributed by atoms with Crippen LogP contribution < -0.4 is 15.4 Å². The lowest BCUT2D eigenvalue weighted by Gasteiger charge is -2.13. The lowest BCUT2D eigenvalue weighted by atomic mass is 10.1. The Bertz CT molecular complexity index is 765. The number of aryl methyl sites for hydroxylation is 3. The van der Waals surface area contributed by atoms with Gasteiger partial charge in [0.05, 0.1) is 19.4 Å². The third-order valence-corrected chi connectivity index (χ3v) is 4.83. The third-order valence-electron chi connectivity index (χ3n) is 3.82. The maximum atomic E-state index is 12.1. The van der Waals surface area contributed by atoms with Crippen molar-refractivity contribution in [3.8, 4) is 5.75 Å². The number of hydrogen-bond donors (Lipinski definition) is 2. The first-order valence-corrected chi connectivity index (χ1v) is 9.29. The quantitative estimate of drug-likeness (QED) is 0.731. The second-order valence-corrected chi connectivity index (χ2v) is 7.11. The minimum atomic E-state index is -0.233. The number of rotatable bonds is 7. The second kappa shape index (κ2) is 9.29. The summed E-state index contributed by atoms with van der Waals surface area (Å²) in [6, 6.07) is 11.5. The van der Waals surface area contributed by atoms with Gasteiger partial charge in [0.2, 0.25) is 11.8 Å². The van der Waals surface area contributed by atoms with Crippen LogP contribution in [0.3, 0.4) is 0 Å². The zero-order valence-corrected chi connectivity index (χ0v) is 16.3. The molecule has 2 rings (SSSR count). The molecule has 26 heavy (non-hydrogen) atoms. The molecule has 0 unspecified atom stereocenters. The number of hydrogen-bond acceptors (Lipinski definition) is 4. The number of carbonyl (C=O) groups excluding carboxylic acids is 2. The van der Waals surface area contributed by atoms with E-state index in [4.69, 9.17) is 4.74 Å². The number of anilines is 1. The number of ether oxygens (including phenoxy) is 1. The molecule has 0 fully saturated rings. The van der Waals surface area contributed by atoms with Crippen LogP contribution in [0.5, 0.6) is 5.75 Å². The molecular formula is C20H24N2O3S. The Morgan fingerprint density at radius 1 is 1.00 bits per heavy atom. The van der Waals surface area contributed by atoms with Gasteiger partial charge in [0, 0.05) is 10.6 Å². The van der Waals surface area contributed by atoms with Crippen LogP contribution in [0.15, 0.2) is 41.3 Å². The summed E-state index contributed by atoms with van der Waals surface area (Å²) in [5, 5.41) is 5.52. The lowest BCUT2D eigenvalue weighted by Crippen LogP contribution is -2.34. The highest BCUT2D eigenvalue weighted by Crippen LogP contribution is 2.22. The van der Waals surface area contributed by atoms with Crippen LogP contribution in [-0.2, 0) is 9.59 Å². The summed E-state index contributed by atoms with van der Waals surface area (Å²) in [4.78, 5) is 25.0. The van der Waals surface area contributed by atoms with E-state index < -0.39 is 0 Å². The average Bonchev–Trinajstić information content (AvgIpc) is 2.61. The van der Waals surface area contributed by atoms with Crippen molar-refractivity contribution in [2.24, 2.45) is 0 Å². The molecule has 5 nitrogen and oxygen atoms in total. The summed E-state index contributed by atoms with van der Waals surface area (Å²) < 4.78 is 5.10. The van der Waals surface area contributed by atoms with E-state index in [-0.39, 0.29) is 24.1 Å². The maximum absolute atomic E-state index is 12.1. The number of benzene rings is 2. The maximum Gasteiger partial charge on any atom is 0.243 e. The Hall–Kier alpha value is -2.47. The van der Waals surface area contributed by atoms with E-state index >= 15 is 0 Å². The first kappa shape index (κ1) is 19.8. The normalized spacial score (nSPS) is 10.3. The number of nitrogens with one attached hydrogen (secondary N) is 2. The highest BCUT2D eigenvalue weighted by atomic mass is 32.2. The largest absolute Gasteiger partial charge is 0.497 e. The number of methoxy groups -OCH3 is 1. The van der Waals surface area contributed by atoms with Crippen LogP contribution >= 0.6 is 11.8 Å². The average molecular weight is 372 g/mol. The van der Waals surface area contributed by atoms with Gasteiger partial charge >= 0.3 is 0 Å². The molecule has 0 saturated heterocycles. The van der Waals surface area contributed by atoms with Crippen molar-refractivity contribution in [2.75, 3.05) is 24.7 Å². The van der Waals surface area contributed by atoms with Crippen molar-refractivity contribution in [3.05, 3.63) is 53.1 Å². The van der Waals surface area contributed by atoms with E-state index in [0.717, 1.165) is 33.0 Å². The van der Waals surface area contributed by atoms with E-state index in [1.165, 1.54) is 11.8 Å². The molecule has 0 aromatic heterocycles. The van der Waals surface area contributed by atoms with E-state index in [0.29, 0.717) is 0 Å². The van der Waals surface area contributed by atoms with Crippen molar-refractivity contribution in [2.45, 2.75) is 25.7 Å². The fourth-order valence-electron chi connectivity index (χ4n) is 2.61. The van der Waals surface area contributed by atoms with E-state index in [1.807, 2.05) is 57.2 Å². The van der Waals surface area contributed by atoms with Gasteiger partial charge < -0.3 is 15.4 Å². The van der Waals surface area contributed by atoms with E-state index in [1.54, 1.807) is 7.11 Å². The number of thioether (sulfide) groups is 1. The van der Waals surface area contributed by atoms with Crippen LogP contribution in [-0.4, -0.2) is 31.2 Å². The van der Waals surface area contributed by atoms with Crippen LogP contribution in [0.4, 0.5) is 5.69 Å². The Morgan fingerprint density at radius 2 is 1.62 bits per heavy atom. The smallest absolute Gasteiger partial charge is 0.243 e. The molecule has 0 spiro atoms. The van der Waals surface area contributed by atoms with Gasteiger partial charge in [0.1, 0.15) is 5.75 Å². The Kier molecular flexibility index (Phi) is 7.09. The molecule has 0 saturated carbocycles. The van der Waals surface area contributed by atoms with Gasteiger partial charge in [0.25, 0.3) is 0 Å². The molecule has 2 aromatic rings. The molecule has 138 valence electrons. The standard InChI is InChI=1S/C20H24N2O3S/c1-13-9-14(2)20(15(3)10-13)22-18(23)11-21-19(24)12-26-17-7-5-16(25-4)6-8-17/h5-10H,11-12H2,1-4H3,(H,21,24)(H,22,23). The summed E-state index contributed by atoms with van der Waals surface area (Å²) in [7, 11) is 1.61. The number of amides is 2. The molecule has 2 aromatic carbocycles. The van der Waals surface area contributed by atoms with Gasteiger partial charge in [-0.2, -0.15) is 0 Å². The topological polar surface area (TPSA) is 67.4 Å². The molecule has 2 N–H and O–H groups in total. The Morgan fingerprint density at radius 3 is 2.19 bits per heavy atom. The van der Waals surface area contributed by atoms with Gasteiger partial charge in [-0.1, -0.05) is 17.7 Å². The molecule has 0 atom stereocenters. The fraction of sp³-hybridized carbons (Fsp3) is 0.300. The predicted octanol–water partition coefficient (Wildman–Crippen LogP) is 3.47. The van der Waals surface area contributed by atoms with Gasteiger partial charge in [-0.3, -0.25) is 9.59 Å². The van der Waals surface area contributed by atoms with E-state index in [9.17, 15) is 9.59 Å². The van der Waals surface area contributed by atoms with Gasteiger partial charge in [-0.25, -0.2) is 0 Å². The van der Waals surface area contributed by atoms with E-state index in [2.05, 4.69) is 10.6 Å². The van der Waals surface area contributed by atoms with Crippen LogP contribution in [0.1, 0.15) is 16.7 Å². The molecular weight excluding hydrogens is 348 g/mol. The zero-order chi connectivity index (χ0) is 19.1.